The summed E-state index contributed by atoms with van der Waals surface area (Å²) in [6.07, 6.45) is 2.91. The van der Waals surface area contributed by atoms with Crippen LogP contribution in [0.15, 0.2) is 39.5 Å². The lowest BCUT2D eigenvalue weighted by Crippen LogP contribution is -2.61. The first kappa shape index (κ1) is 20.4. The number of hydrogen-bond donors (Lipinski definition) is 2. The van der Waals surface area contributed by atoms with E-state index in [9.17, 15) is 15.0 Å². The summed E-state index contributed by atoms with van der Waals surface area (Å²) in [5.74, 6) is 0.893. The summed E-state index contributed by atoms with van der Waals surface area (Å²) < 4.78 is 11.4. The van der Waals surface area contributed by atoms with Gasteiger partial charge in [-0.1, -0.05) is 20.8 Å². The molecule has 4 rings (SSSR count). The fourth-order valence-corrected chi connectivity index (χ4v) is 6.20. The van der Waals surface area contributed by atoms with Crippen LogP contribution in [0.3, 0.4) is 0 Å². The largest absolute Gasteiger partial charge is 0.493 e. The molecular formula is C24H32O5. The normalized spacial score (nSPS) is 36.6. The van der Waals surface area contributed by atoms with E-state index < -0.39 is 5.60 Å². The minimum atomic E-state index is -0.826. The molecule has 5 nitrogen and oxygen atoms in total. The summed E-state index contributed by atoms with van der Waals surface area (Å²) in [7, 11) is 0. The first-order chi connectivity index (χ1) is 13.5. The maximum atomic E-state index is 11.5. The van der Waals surface area contributed by atoms with Crippen molar-refractivity contribution >= 4 is 11.0 Å². The van der Waals surface area contributed by atoms with Gasteiger partial charge in [0.15, 0.2) is 0 Å². The Morgan fingerprint density at radius 2 is 1.83 bits per heavy atom. The fourth-order valence-electron chi connectivity index (χ4n) is 6.20. The molecule has 0 radical (unpaired) electrons. The average Bonchev–Trinajstić information content (AvgIpc) is 2.64. The monoisotopic (exact) mass is 400 g/mol. The van der Waals surface area contributed by atoms with Crippen molar-refractivity contribution in [1.29, 1.82) is 0 Å². The number of fused-ring (bicyclic) bond motifs is 2. The molecule has 2 N–H and O–H groups in total. The van der Waals surface area contributed by atoms with Crippen molar-refractivity contribution in [3.63, 3.8) is 0 Å². The van der Waals surface area contributed by atoms with Crippen LogP contribution in [-0.2, 0) is 0 Å². The lowest BCUT2D eigenvalue weighted by molar-refractivity contribution is -0.201. The van der Waals surface area contributed by atoms with E-state index >= 15 is 0 Å². The minimum Gasteiger partial charge on any atom is -0.493 e. The molecular weight excluding hydrogens is 368 g/mol. The van der Waals surface area contributed by atoms with Crippen LogP contribution in [0.4, 0.5) is 0 Å². The maximum Gasteiger partial charge on any atom is 0.336 e. The van der Waals surface area contributed by atoms with E-state index in [2.05, 4.69) is 20.8 Å². The van der Waals surface area contributed by atoms with Gasteiger partial charge in [-0.05, 0) is 67.6 Å². The highest BCUT2D eigenvalue weighted by molar-refractivity contribution is 5.77. The topological polar surface area (TPSA) is 79.9 Å². The van der Waals surface area contributed by atoms with Crippen LogP contribution >= 0.6 is 0 Å². The molecule has 2 aliphatic rings. The van der Waals surface area contributed by atoms with Crippen molar-refractivity contribution in [1.82, 2.24) is 0 Å². The van der Waals surface area contributed by atoms with Gasteiger partial charge >= 0.3 is 5.63 Å². The second-order valence-corrected chi connectivity index (χ2v) is 10.1. The fraction of sp³-hybridized carbons (Fsp3) is 0.625. The van der Waals surface area contributed by atoms with E-state index in [0.29, 0.717) is 30.3 Å². The number of hydrogen-bond acceptors (Lipinski definition) is 5. The Kier molecular flexibility index (Phi) is 4.82. The van der Waals surface area contributed by atoms with Gasteiger partial charge in [0.25, 0.3) is 0 Å². The molecule has 2 aromatic rings. The summed E-state index contributed by atoms with van der Waals surface area (Å²) >= 11 is 0. The highest BCUT2D eigenvalue weighted by Gasteiger charge is 2.60. The Morgan fingerprint density at radius 1 is 1.10 bits per heavy atom. The molecule has 0 spiro atoms. The van der Waals surface area contributed by atoms with E-state index in [-0.39, 0.29) is 28.5 Å². The zero-order valence-electron chi connectivity index (χ0n) is 17.8. The SMILES string of the molecule is CC1(C)[C@H](O)CC[C@@]2(C)[C@@H](COc3ccc4ccc(=O)oc4c3)[C@](C)(O)CC[C@@H]12. The van der Waals surface area contributed by atoms with Gasteiger partial charge in [0.1, 0.15) is 11.3 Å². The Labute approximate surface area is 171 Å². The van der Waals surface area contributed by atoms with E-state index in [1.165, 1.54) is 6.07 Å². The molecule has 158 valence electrons. The van der Waals surface area contributed by atoms with Gasteiger partial charge in [-0.15, -0.1) is 0 Å². The summed E-state index contributed by atoms with van der Waals surface area (Å²) in [5.41, 5.74) is -1.02. The molecule has 5 atom stereocenters. The highest BCUT2D eigenvalue weighted by Crippen LogP contribution is 2.61. The summed E-state index contributed by atoms with van der Waals surface area (Å²) in [5, 5.41) is 22.7. The number of rotatable bonds is 3. The number of ether oxygens (including phenoxy) is 1. The lowest BCUT2D eigenvalue weighted by Gasteiger charge is -2.62. The van der Waals surface area contributed by atoms with Crippen molar-refractivity contribution in [3.8, 4) is 5.75 Å². The second-order valence-electron chi connectivity index (χ2n) is 10.1. The second kappa shape index (κ2) is 6.85. The third-order valence-electron chi connectivity index (χ3n) is 8.01. The van der Waals surface area contributed by atoms with Crippen LogP contribution in [0.5, 0.6) is 5.75 Å². The highest BCUT2D eigenvalue weighted by atomic mass is 16.5. The summed E-state index contributed by atoms with van der Waals surface area (Å²) in [6.45, 7) is 8.87. The predicted molar refractivity (Wildman–Crippen MR) is 112 cm³/mol. The molecule has 1 aromatic heterocycles. The Morgan fingerprint density at radius 3 is 2.59 bits per heavy atom. The molecule has 2 aliphatic carbocycles. The predicted octanol–water partition coefficient (Wildman–Crippen LogP) is 4.14. The van der Waals surface area contributed by atoms with E-state index in [4.69, 9.17) is 9.15 Å². The van der Waals surface area contributed by atoms with Crippen molar-refractivity contribution < 1.29 is 19.4 Å². The molecule has 0 saturated heterocycles. The summed E-state index contributed by atoms with van der Waals surface area (Å²) in [6, 6.07) is 8.62. The molecule has 1 aromatic carbocycles. The van der Waals surface area contributed by atoms with Crippen molar-refractivity contribution in [2.24, 2.45) is 22.7 Å². The van der Waals surface area contributed by atoms with Crippen LogP contribution in [0.2, 0.25) is 0 Å². The molecule has 29 heavy (non-hydrogen) atoms. The maximum absolute atomic E-state index is 11.5. The third kappa shape index (κ3) is 3.38. The van der Waals surface area contributed by atoms with Gasteiger partial charge in [-0.2, -0.15) is 0 Å². The first-order valence-electron chi connectivity index (χ1n) is 10.6. The van der Waals surface area contributed by atoms with Gasteiger partial charge in [-0.25, -0.2) is 4.79 Å². The van der Waals surface area contributed by atoms with Crippen LogP contribution in [0.1, 0.15) is 53.4 Å². The Balaban J connectivity index is 1.61. The molecule has 0 bridgehead atoms. The Hall–Kier alpha value is -1.85. The number of benzene rings is 1. The summed E-state index contributed by atoms with van der Waals surface area (Å²) in [4.78, 5) is 11.5. The van der Waals surface area contributed by atoms with Crippen LogP contribution < -0.4 is 10.4 Å². The average molecular weight is 401 g/mol. The Bertz CT molecular complexity index is 959. The first-order valence-corrected chi connectivity index (χ1v) is 10.6. The molecule has 0 amide bonds. The standard InChI is InChI=1S/C24H32O5/c1-22(2)18-9-12-24(4,27)19(23(18,3)11-10-20(22)25)14-28-16-7-5-15-6-8-21(26)29-17(15)13-16/h5-8,13,18-20,25,27H,9-12,14H2,1-4H3/t18-,19+,20+,23+,24+/m0/s1. The third-order valence-corrected chi connectivity index (χ3v) is 8.01. The van der Waals surface area contributed by atoms with Crippen LogP contribution in [0.25, 0.3) is 11.0 Å². The van der Waals surface area contributed by atoms with E-state index in [1.54, 1.807) is 12.1 Å². The van der Waals surface area contributed by atoms with Crippen molar-refractivity contribution in [2.45, 2.75) is 65.1 Å². The van der Waals surface area contributed by atoms with Gasteiger partial charge in [0.05, 0.1) is 18.3 Å². The lowest BCUT2D eigenvalue weighted by atomic mass is 9.45. The van der Waals surface area contributed by atoms with Crippen LogP contribution in [-0.4, -0.2) is 28.5 Å². The zero-order chi connectivity index (χ0) is 21.0. The van der Waals surface area contributed by atoms with Gasteiger partial charge in [0, 0.05) is 23.4 Å². The van der Waals surface area contributed by atoms with E-state index in [0.717, 1.165) is 24.6 Å². The van der Waals surface area contributed by atoms with Crippen LogP contribution in [0, 0.1) is 22.7 Å². The molecule has 0 aliphatic heterocycles. The molecule has 1 heterocycles. The zero-order valence-corrected chi connectivity index (χ0v) is 17.8. The van der Waals surface area contributed by atoms with Crippen molar-refractivity contribution in [3.05, 3.63) is 40.8 Å². The smallest absolute Gasteiger partial charge is 0.336 e. The molecule has 0 unspecified atom stereocenters. The molecule has 2 saturated carbocycles. The molecule has 2 fully saturated rings. The van der Waals surface area contributed by atoms with Gasteiger partial charge in [-0.3, -0.25) is 0 Å². The minimum absolute atomic E-state index is 0.0565. The van der Waals surface area contributed by atoms with Gasteiger partial charge in [0.2, 0.25) is 0 Å². The van der Waals surface area contributed by atoms with Crippen molar-refractivity contribution in [2.75, 3.05) is 6.61 Å². The quantitative estimate of drug-likeness (QED) is 0.757. The number of aliphatic hydroxyl groups excluding tert-OH is 1. The molecule has 5 heteroatoms. The number of aliphatic hydroxyl groups is 2. The van der Waals surface area contributed by atoms with E-state index in [1.807, 2.05) is 19.1 Å². The van der Waals surface area contributed by atoms with Gasteiger partial charge < -0.3 is 19.4 Å².